The number of nitrogens with one attached hydrogen (secondary N) is 1. The van der Waals surface area contributed by atoms with Gasteiger partial charge in [-0.1, -0.05) is 0 Å². The Morgan fingerprint density at radius 2 is 1.45 bits per heavy atom. The molecule has 0 bridgehead atoms. The number of pyridine rings is 1. The fraction of sp³-hybridized carbons (Fsp3) is 0.160. The summed E-state index contributed by atoms with van der Waals surface area (Å²) in [5, 5.41) is 2.35. The molecule has 8 nitrogen and oxygen atoms in total. The molecule has 1 N–H and O–H groups in total. The van der Waals surface area contributed by atoms with Crippen molar-refractivity contribution in [2.24, 2.45) is 7.05 Å². The molecule has 4 aromatic rings. The fourth-order valence-corrected chi connectivity index (χ4v) is 3.84. The summed E-state index contributed by atoms with van der Waals surface area (Å²) in [5.74, 6) is -2.16. The zero-order valence-corrected chi connectivity index (χ0v) is 20.1. The van der Waals surface area contributed by atoms with Crippen LogP contribution in [0.1, 0.15) is 15.9 Å². The van der Waals surface area contributed by atoms with Crippen LogP contribution in [-0.2, 0) is 13.2 Å². The van der Waals surface area contributed by atoms with Crippen LogP contribution in [0.15, 0.2) is 71.7 Å². The summed E-state index contributed by atoms with van der Waals surface area (Å²) in [6.07, 6.45) is -3.85. The molecule has 210 valence electrons. The van der Waals surface area contributed by atoms with Gasteiger partial charge in [-0.25, -0.2) is 4.98 Å². The van der Waals surface area contributed by atoms with Crippen LogP contribution in [0.3, 0.4) is 0 Å². The predicted octanol–water partition coefficient (Wildman–Crippen LogP) is 5.71. The van der Waals surface area contributed by atoms with Crippen LogP contribution in [0, 0.1) is 0 Å². The Morgan fingerprint density at radius 1 is 0.900 bits per heavy atom. The SMILES string of the molecule is Cn1c(-c2ccc(OC(F)F)cc2)c(NC(=O)c2ccc(OC(F)F)cc2)c(=O)n1-c1ncccc1C(F)(F)F. The van der Waals surface area contributed by atoms with Gasteiger partial charge in [0.25, 0.3) is 11.5 Å². The van der Waals surface area contributed by atoms with E-state index in [2.05, 4.69) is 19.8 Å². The number of halogens is 7. The molecule has 2 aromatic carbocycles. The molecule has 15 heteroatoms. The van der Waals surface area contributed by atoms with Gasteiger partial charge in [0.15, 0.2) is 5.82 Å². The first-order chi connectivity index (χ1) is 18.9. The molecule has 40 heavy (non-hydrogen) atoms. The molecule has 0 spiro atoms. The molecule has 0 unspecified atom stereocenters. The summed E-state index contributed by atoms with van der Waals surface area (Å²) in [6.45, 7) is -6.22. The smallest absolute Gasteiger partial charge is 0.420 e. The third-order valence-corrected chi connectivity index (χ3v) is 5.49. The monoisotopic (exact) mass is 570 g/mol. The first-order valence-corrected chi connectivity index (χ1v) is 11.1. The van der Waals surface area contributed by atoms with E-state index in [4.69, 9.17) is 0 Å². The first kappa shape index (κ1) is 28.2. The van der Waals surface area contributed by atoms with E-state index in [-0.39, 0.29) is 28.3 Å². The maximum Gasteiger partial charge on any atom is 0.420 e. The Kier molecular flexibility index (Phi) is 7.84. The summed E-state index contributed by atoms with van der Waals surface area (Å²) < 4.78 is 101. The maximum atomic E-state index is 13.8. The Bertz CT molecular complexity index is 1560. The van der Waals surface area contributed by atoms with Crippen molar-refractivity contribution in [3.05, 3.63) is 88.3 Å². The van der Waals surface area contributed by atoms with Gasteiger partial charge in [-0.15, -0.1) is 0 Å². The van der Waals surface area contributed by atoms with Crippen molar-refractivity contribution < 1.29 is 45.0 Å². The molecule has 2 heterocycles. The highest BCUT2D eigenvalue weighted by atomic mass is 19.4. The normalized spacial score (nSPS) is 11.7. The molecule has 1 amide bonds. The van der Waals surface area contributed by atoms with E-state index in [0.717, 1.165) is 59.4 Å². The van der Waals surface area contributed by atoms with Crippen molar-refractivity contribution in [2.45, 2.75) is 19.4 Å². The largest absolute Gasteiger partial charge is 0.435 e. The highest BCUT2D eigenvalue weighted by Gasteiger charge is 2.36. The molecule has 0 aliphatic heterocycles. The van der Waals surface area contributed by atoms with Gasteiger partial charge in [0.1, 0.15) is 22.7 Å². The summed E-state index contributed by atoms with van der Waals surface area (Å²) in [4.78, 5) is 30.2. The predicted molar refractivity (Wildman–Crippen MR) is 127 cm³/mol. The van der Waals surface area contributed by atoms with E-state index in [1.165, 1.54) is 19.2 Å². The van der Waals surface area contributed by atoms with Crippen molar-refractivity contribution in [3.8, 4) is 28.6 Å². The molecule has 0 saturated heterocycles. The third kappa shape index (κ3) is 5.92. The van der Waals surface area contributed by atoms with E-state index in [1.807, 2.05) is 0 Å². The lowest BCUT2D eigenvalue weighted by atomic mass is 10.1. The van der Waals surface area contributed by atoms with Crippen LogP contribution in [0.5, 0.6) is 11.5 Å². The Balaban J connectivity index is 1.84. The molecule has 0 aliphatic rings. The minimum atomic E-state index is -4.90. The number of rotatable bonds is 8. The van der Waals surface area contributed by atoms with Crippen LogP contribution in [0.4, 0.5) is 36.4 Å². The van der Waals surface area contributed by atoms with Crippen molar-refractivity contribution in [1.29, 1.82) is 0 Å². The standard InChI is InChI=1S/C25H17F7N4O4/c1-35-19(13-4-8-15(9-5-13)39-23(26)27)18(34-21(37)14-6-10-16(11-7-14)40-24(28)29)22(38)36(35)20-17(25(30,31)32)3-2-12-33-20/h2-12,23-24H,1H3,(H,34,37). The minimum absolute atomic E-state index is 0.0987. The van der Waals surface area contributed by atoms with Crippen molar-refractivity contribution in [2.75, 3.05) is 5.32 Å². The minimum Gasteiger partial charge on any atom is -0.435 e. The molecular weight excluding hydrogens is 553 g/mol. The third-order valence-electron chi connectivity index (χ3n) is 5.49. The Morgan fingerprint density at radius 3 is 1.98 bits per heavy atom. The zero-order valence-electron chi connectivity index (χ0n) is 20.1. The quantitative estimate of drug-likeness (QED) is 0.274. The number of hydrogen-bond acceptors (Lipinski definition) is 5. The lowest BCUT2D eigenvalue weighted by Crippen LogP contribution is -2.26. The number of aromatic nitrogens is 3. The van der Waals surface area contributed by atoms with Crippen LogP contribution >= 0.6 is 0 Å². The lowest BCUT2D eigenvalue weighted by molar-refractivity contribution is -0.137. The Hall–Kier alpha value is -4.82. The van der Waals surface area contributed by atoms with Gasteiger partial charge in [-0.2, -0.15) is 35.4 Å². The van der Waals surface area contributed by atoms with E-state index >= 15 is 0 Å². The van der Waals surface area contributed by atoms with Crippen LogP contribution < -0.4 is 20.3 Å². The van der Waals surface area contributed by atoms with Crippen LogP contribution in [-0.4, -0.2) is 33.5 Å². The molecule has 0 atom stereocenters. The van der Waals surface area contributed by atoms with Gasteiger partial charge < -0.3 is 14.8 Å². The molecule has 0 fully saturated rings. The second-order valence-corrected chi connectivity index (χ2v) is 8.00. The van der Waals surface area contributed by atoms with Gasteiger partial charge in [0, 0.05) is 24.4 Å². The van der Waals surface area contributed by atoms with Crippen molar-refractivity contribution >= 4 is 11.6 Å². The first-order valence-electron chi connectivity index (χ1n) is 11.1. The number of amides is 1. The van der Waals surface area contributed by atoms with Crippen molar-refractivity contribution in [3.63, 3.8) is 0 Å². The number of anilines is 1. The highest BCUT2D eigenvalue weighted by molar-refractivity contribution is 6.06. The molecule has 4 rings (SSSR count). The fourth-order valence-electron chi connectivity index (χ4n) is 3.84. The Labute approximate surface area is 220 Å². The van der Waals surface area contributed by atoms with E-state index in [0.29, 0.717) is 4.68 Å². The lowest BCUT2D eigenvalue weighted by Gasteiger charge is -2.15. The number of hydrogen-bond donors (Lipinski definition) is 1. The van der Waals surface area contributed by atoms with Crippen LogP contribution in [0.25, 0.3) is 17.1 Å². The van der Waals surface area contributed by atoms with Crippen molar-refractivity contribution in [1.82, 2.24) is 14.3 Å². The number of carbonyl (C=O) groups excluding carboxylic acids is 1. The van der Waals surface area contributed by atoms with Gasteiger partial charge >= 0.3 is 19.4 Å². The molecule has 2 aromatic heterocycles. The summed E-state index contributed by atoms with van der Waals surface area (Å²) in [7, 11) is 1.24. The average Bonchev–Trinajstić information content (AvgIpc) is 3.12. The van der Waals surface area contributed by atoms with E-state index in [1.54, 1.807) is 0 Å². The molecule has 0 radical (unpaired) electrons. The summed E-state index contributed by atoms with van der Waals surface area (Å²) in [5.41, 5.74) is -2.87. The summed E-state index contributed by atoms with van der Waals surface area (Å²) in [6, 6.07) is 11.0. The van der Waals surface area contributed by atoms with Gasteiger partial charge in [-0.3, -0.25) is 14.3 Å². The zero-order chi connectivity index (χ0) is 29.2. The summed E-state index contributed by atoms with van der Waals surface area (Å²) >= 11 is 0. The van der Waals surface area contributed by atoms with E-state index in [9.17, 15) is 40.3 Å². The average molecular weight is 570 g/mol. The number of carbonyl (C=O) groups is 1. The van der Waals surface area contributed by atoms with E-state index < -0.39 is 47.9 Å². The van der Waals surface area contributed by atoms with Gasteiger partial charge in [0.2, 0.25) is 0 Å². The number of nitrogens with zero attached hydrogens (tertiary/aromatic N) is 3. The van der Waals surface area contributed by atoms with Gasteiger partial charge in [-0.05, 0) is 60.7 Å². The molecule has 0 aliphatic carbocycles. The van der Waals surface area contributed by atoms with Crippen LogP contribution in [0.2, 0.25) is 0 Å². The number of alkyl halides is 7. The van der Waals surface area contributed by atoms with Gasteiger partial charge in [0.05, 0.1) is 5.69 Å². The molecule has 0 saturated carbocycles. The maximum absolute atomic E-state index is 13.8. The molecular formula is C25H17F7N4O4. The highest BCUT2D eigenvalue weighted by Crippen LogP contribution is 2.34. The topological polar surface area (TPSA) is 87.4 Å². The number of benzene rings is 2. The second kappa shape index (κ2) is 11.1. The second-order valence-electron chi connectivity index (χ2n) is 8.00. The number of ether oxygens (including phenoxy) is 2.